The molecule has 86 valence electrons. The van der Waals surface area contributed by atoms with Gasteiger partial charge in [-0.3, -0.25) is 0 Å². The van der Waals surface area contributed by atoms with Crippen LogP contribution in [0.25, 0.3) is 0 Å². The maximum Gasteiger partial charge on any atom is 0.128 e. The van der Waals surface area contributed by atoms with E-state index in [1.807, 2.05) is 24.3 Å². The molecule has 16 heavy (non-hydrogen) atoms. The monoisotopic (exact) mass is 218 g/mol. The molecule has 4 N–H and O–H groups in total. The Morgan fingerprint density at radius 2 is 2.25 bits per heavy atom. The van der Waals surface area contributed by atoms with E-state index >= 15 is 0 Å². The van der Waals surface area contributed by atoms with E-state index < -0.39 is 0 Å². The molecular weight excluding hydrogens is 200 g/mol. The summed E-state index contributed by atoms with van der Waals surface area (Å²) in [5.74, 6) is 0.721. The van der Waals surface area contributed by atoms with Crippen molar-refractivity contribution in [1.82, 2.24) is 0 Å². The molecule has 0 heterocycles. The number of nitrogen functional groups attached to an aromatic ring is 1. The number of hydrogen-bond acceptors (Lipinski definition) is 3. The van der Waals surface area contributed by atoms with Gasteiger partial charge in [-0.15, -0.1) is 0 Å². The standard InChI is InChI=1S/C13H18N2O/c1-2-5-11(14)7-4-9-16-13-8-3-6-12(15)10-13/h3-4,6-10H,2,5,14-15H2,1H3/b9-4+,11-7+. The Morgan fingerprint density at radius 1 is 1.44 bits per heavy atom. The van der Waals surface area contributed by atoms with Crippen molar-refractivity contribution >= 4 is 5.69 Å². The first kappa shape index (κ1) is 12.2. The topological polar surface area (TPSA) is 61.3 Å². The van der Waals surface area contributed by atoms with Gasteiger partial charge in [0, 0.05) is 17.5 Å². The van der Waals surface area contributed by atoms with Crippen LogP contribution < -0.4 is 16.2 Å². The van der Waals surface area contributed by atoms with E-state index in [0.29, 0.717) is 5.69 Å². The van der Waals surface area contributed by atoms with E-state index in [2.05, 4.69) is 6.92 Å². The number of benzene rings is 1. The molecule has 0 saturated heterocycles. The highest BCUT2D eigenvalue weighted by Gasteiger charge is 1.90. The Bertz CT molecular complexity index is 383. The summed E-state index contributed by atoms with van der Waals surface area (Å²) < 4.78 is 5.35. The average Bonchev–Trinajstić information content (AvgIpc) is 2.25. The van der Waals surface area contributed by atoms with Gasteiger partial charge in [-0.25, -0.2) is 0 Å². The van der Waals surface area contributed by atoms with Gasteiger partial charge in [0.25, 0.3) is 0 Å². The van der Waals surface area contributed by atoms with E-state index in [1.54, 1.807) is 18.4 Å². The smallest absolute Gasteiger partial charge is 0.128 e. The van der Waals surface area contributed by atoms with Crippen LogP contribution in [0.4, 0.5) is 5.69 Å². The Hall–Kier alpha value is -1.90. The van der Waals surface area contributed by atoms with Crippen LogP contribution in [0.5, 0.6) is 5.75 Å². The summed E-state index contributed by atoms with van der Waals surface area (Å²) in [5, 5.41) is 0. The second-order valence-electron chi connectivity index (χ2n) is 3.51. The Labute approximate surface area is 96.4 Å². The first-order chi connectivity index (χ1) is 7.72. The summed E-state index contributed by atoms with van der Waals surface area (Å²) in [6.07, 6.45) is 7.18. The van der Waals surface area contributed by atoms with Crippen LogP contribution in [0.15, 0.2) is 48.4 Å². The number of anilines is 1. The second kappa shape index (κ2) is 6.56. The van der Waals surface area contributed by atoms with E-state index in [4.69, 9.17) is 16.2 Å². The molecule has 1 aromatic rings. The Morgan fingerprint density at radius 3 is 2.94 bits per heavy atom. The highest BCUT2D eigenvalue weighted by atomic mass is 16.5. The van der Waals surface area contributed by atoms with Crippen LogP contribution in [0, 0.1) is 0 Å². The Kier molecular flexibility index (Phi) is 4.99. The molecule has 0 amide bonds. The zero-order valence-electron chi connectivity index (χ0n) is 9.52. The minimum absolute atomic E-state index is 0.687. The summed E-state index contributed by atoms with van der Waals surface area (Å²) in [6.45, 7) is 2.09. The fourth-order valence-electron chi connectivity index (χ4n) is 1.24. The van der Waals surface area contributed by atoms with Crippen LogP contribution in [0.1, 0.15) is 19.8 Å². The van der Waals surface area contributed by atoms with Crippen molar-refractivity contribution in [3.05, 3.63) is 48.4 Å². The molecule has 3 nitrogen and oxygen atoms in total. The molecule has 0 aliphatic heterocycles. The van der Waals surface area contributed by atoms with Crippen molar-refractivity contribution in [1.29, 1.82) is 0 Å². The summed E-state index contributed by atoms with van der Waals surface area (Å²) >= 11 is 0. The second-order valence-corrected chi connectivity index (χ2v) is 3.51. The van der Waals surface area contributed by atoms with E-state index in [9.17, 15) is 0 Å². The molecule has 0 aliphatic rings. The molecule has 0 atom stereocenters. The number of nitrogens with two attached hydrogens (primary N) is 2. The van der Waals surface area contributed by atoms with Crippen molar-refractivity contribution in [2.45, 2.75) is 19.8 Å². The molecule has 0 aromatic heterocycles. The summed E-state index contributed by atoms with van der Waals surface area (Å²) in [4.78, 5) is 0. The lowest BCUT2D eigenvalue weighted by Gasteiger charge is -2.00. The molecule has 0 fully saturated rings. The molecule has 0 spiro atoms. The number of hydrogen-bond donors (Lipinski definition) is 2. The molecule has 1 rings (SSSR count). The van der Waals surface area contributed by atoms with Gasteiger partial charge in [0.15, 0.2) is 0 Å². The first-order valence-corrected chi connectivity index (χ1v) is 5.35. The van der Waals surface area contributed by atoms with Gasteiger partial charge in [0.05, 0.1) is 6.26 Å². The largest absolute Gasteiger partial charge is 0.465 e. The predicted octanol–water partition coefficient (Wildman–Crippen LogP) is 2.80. The van der Waals surface area contributed by atoms with Crippen molar-refractivity contribution in [2.24, 2.45) is 5.73 Å². The molecule has 0 saturated carbocycles. The SMILES string of the molecule is CCC/C(N)=C\C=C\Oc1cccc(N)c1. The van der Waals surface area contributed by atoms with Crippen molar-refractivity contribution < 1.29 is 4.74 Å². The molecule has 0 radical (unpaired) electrons. The van der Waals surface area contributed by atoms with Gasteiger partial charge in [-0.2, -0.15) is 0 Å². The highest BCUT2D eigenvalue weighted by Crippen LogP contribution is 2.14. The number of ether oxygens (including phenoxy) is 1. The lowest BCUT2D eigenvalue weighted by Crippen LogP contribution is -1.94. The van der Waals surface area contributed by atoms with Gasteiger partial charge in [0.2, 0.25) is 0 Å². The third-order valence-corrected chi connectivity index (χ3v) is 1.99. The first-order valence-electron chi connectivity index (χ1n) is 5.35. The molecule has 0 unspecified atom stereocenters. The zero-order valence-corrected chi connectivity index (χ0v) is 9.52. The summed E-state index contributed by atoms with van der Waals surface area (Å²) in [7, 11) is 0. The Balaban J connectivity index is 2.45. The van der Waals surface area contributed by atoms with Crippen molar-refractivity contribution in [3.8, 4) is 5.75 Å². The van der Waals surface area contributed by atoms with Crippen LogP contribution in [-0.4, -0.2) is 0 Å². The maximum atomic E-state index is 5.72. The lowest BCUT2D eigenvalue weighted by atomic mass is 10.2. The van der Waals surface area contributed by atoms with Crippen molar-refractivity contribution in [3.63, 3.8) is 0 Å². The summed E-state index contributed by atoms with van der Waals surface area (Å²) in [5.41, 5.74) is 12.9. The third kappa shape index (κ3) is 4.55. The molecule has 3 heteroatoms. The fourth-order valence-corrected chi connectivity index (χ4v) is 1.24. The summed E-state index contributed by atoms with van der Waals surface area (Å²) in [6, 6.07) is 7.28. The van der Waals surface area contributed by atoms with E-state index in [-0.39, 0.29) is 0 Å². The predicted molar refractivity (Wildman–Crippen MR) is 67.8 cm³/mol. The normalized spacial score (nSPS) is 11.9. The van der Waals surface area contributed by atoms with Crippen LogP contribution in [-0.2, 0) is 0 Å². The molecule has 0 bridgehead atoms. The average molecular weight is 218 g/mol. The van der Waals surface area contributed by atoms with E-state index in [0.717, 1.165) is 24.3 Å². The fraction of sp³-hybridized carbons (Fsp3) is 0.231. The van der Waals surface area contributed by atoms with Gasteiger partial charge in [0.1, 0.15) is 5.75 Å². The molecule has 0 aliphatic carbocycles. The van der Waals surface area contributed by atoms with Gasteiger partial charge in [-0.05, 0) is 30.7 Å². The lowest BCUT2D eigenvalue weighted by molar-refractivity contribution is 0.481. The zero-order chi connectivity index (χ0) is 11.8. The van der Waals surface area contributed by atoms with Gasteiger partial charge >= 0.3 is 0 Å². The van der Waals surface area contributed by atoms with Crippen LogP contribution in [0.2, 0.25) is 0 Å². The molecular formula is C13H18N2O. The maximum absolute atomic E-state index is 5.72. The van der Waals surface area contributed by atoms with Crippen LogP contribution >= 0.6 is 0 Å². The minimum Gasteiger partial charge on any atom is -0.465 e. The van der Waals surface area contributed by atoms with Gasteiger partial charge < -0.3 is 16.2 Å². The number of rotatable bonds is 5. The number of allylic oxidation sites excluding steroid dienone is 3. The minimum atomic E-state index is 0.687. The van der Waals surface area contributed by atoms with Crippen molar-refractivity contribution in [2.75, 3.05) is 5.73 Å². The third-order valence-electron chi connectivity index (χ3n) is 1.99. The van der Waals surface area contributed by atoms with E-state index in [1.165, 1.54) is 0 Å². The quantitative estimate of drug-likeness (QED) is 0.454. The van der Waals surface area contributed by atoms with Gasteiger partial charge in [-0.1, -0.05) is 19.4 Å². The van der Waals surface area contributed by atoms with Crippen LogP contribution in [0.3, 0.4) is 0 Å². The molecule has 1 aromatic carbocycles. The highest BCUT2D eigenvalue weighted by molar-refractivity contribution is 5.43.